The third-order valence-electron chi connectivity index (χ3n) is 1.75. The van der Waals surface area contributed by atoms with Gasteiger partial charge >= 0.3 is 5.97 Å². The molecule has 0 spiro atoms. The van der Waals surface area contributed by atoms with E-state index < -0.39 is 5.97 Å². The van der Waals surface area contributed by atoms with Crippen LogP contribution in [0.2, 0.25) is 0 Å². The molecule has 0 saturated heterocycles. The predicted molar refractivity (Wildman–Crippen MR) is 46.7 cm³/mol. The summed E-state index contributed by atoms with van der Waals surface area (Å²) < 4.78 is 5.08. The molecule has 5 heteroatoms. The highest BCUT2D eigenvalue weighted by Crippen LogP contribution is 2.22. The molecule has 2 aromatic heterocycles. The number of aromatic carboxylic acids is 1. The Morgan fingerprint density at radius 3 is 2.79 bits per heavy atom. The first-order chi connectivity index (χ1) is 6.79. The van der Waals surface area contributed by atoms with Gasteiger partial charge in [-0.2, -0.15) is 10.2 Å². The van der Waals surface area contributed by atoms with Crippen molar-refractivity contribution in [2.24, 2.45) is 0 Å². The fraction of sp³-hybridized carbons (Fsp3) is 0. The second kappa shape index (κ2) is 3.29. The van der Waals surface area contributed by atoms with E-state index in [4.69, 9.17) is 9.52 Å². The van der Waals surface area contributed by atoms with Crippen LogP contribution in [0.25, 0.3) is 11.3 Å². The van der Waals surface area contributed by atoms with E-state index in [0.29, 0.717) is 11.3 Å². The second-order valence-corrected chi connectivity index (χ2v) is 2.60. The van der Waals surface area contributed by atoms with Crippen molar-refractivity contribution in [3.63, 3.8) is 0 Å². The van der Waals surface area contributed by atoms with E-state index in [1.165, 1.54) is 18.7 Å². The average Bonchev–Trinajstić information content (AvgIpc) is 2.70. The van der Waals surface area contributed by atoms with Crippen molar-refractivity contribution < 1.29 is 14.3 Å². The molecule has 0 radical (unpaired) electrons. The maximum absolute atomic E-state index is 10.8. The third-order valence-corrected chi connectivity index (χ3v) is 1.75. The Kier molecular flexibility index (Phi) is 1.98. The summed E-state index contributed by atoms with van der Waals surface area (Å²) in [6, 6.07) is 3.35. The number of aromatic nitrogens is 2. The monoisotopic (exact) mass is 190 g/mol. The minimum Gasteiger partial charge on any atom is -0.478 e. The van der Waals surface area contributed by atoms with Crippen LogP contribution < -0.4 is 0 Å². The van der Waals surface area contributed by atoms with Crippen molar-refractivity contribution in [1.29, 1.82) is 0 Å². The smallest absolute Gasteiger partial charge is 0.338 e. The number of nitrogens with zero attached hydrogens (tertiary/aromatic N) is 2. The van der Waals surface area contributed by atoms with Crippen molar-refractivity contribution in [1.82, 2.24) is 10.2 Å². The molecule has 14 heavy (non-hydrogen) atoms. The van der Waals surface area contributed by atoms with Gasteiger partial charge in [0, 0.05) is 0 Å². The summed E-state index contributed by atoms with van der Waals surface area (Å²) in [7, 11) is 0. The minimum absolute atomic E-state index is 0.0787. The van der Waals surface area contributed by atoms with Crippen LogP contribution in [0.3, 0.4) is 0 Å². The summed E-state index contributed by atoms with van der Waals surface area (Å²) in [5.74, 6) is -0.580. The topological polar surface area (TPSA) is 76.2 Å². The van der Waals surface area contributed by atoms with Gasteiger partial charge in [-0.1, -0.05) is 0 Å². The first-order valence-electron chi connectivity index (χ1n) is 3.87. The van der Waals surface area contributed by atoms with Crippen LogP contribution in [0.5, 0.6) is 0 Å². The van der Waals surface area contributed by atoms with E-state index in [9.17, 15) is 4.79 Å². The van der Waals surface area contributed by atoms with E-state index in [1.54, 1.807) is 12.1 Å². The van der Waals surface area contributed by atoms with Crippen molar-refractivity contribution in [2.75, 3.05) is 0 Å². The average molecular weight is 190 g/mol. The molecule has 0 aromatic carbocycles. The molecule has 0 fully saturated rings. The first-order valence-corrected chi connectivity index (χ1v) is 3.87. The molecule has 0 saturated carbocycles. The lowest BCUT2D eigenvalue weighted by Crippen LogP contribution is -2.00. The van der Waals surface area contributed by atoms with Gasteiger partial charge < -0.3 is 9.52 Å². The molecule has 0 bridgehead atoms. The zero-order valence-corrected chi connectivity index (χ0v) is 7.04. The van der Waals surface area contributed by atoms with Gasteiger partial charge in [-0.3, -0.25) is 0 Å². The summed E-state index contributed by atoms with van der Waals surface area (Å²) in [6.07, 6.45) is 4.03. The molecular weight excluding hydrogens is 184 g/mol. The van der Waals surface area contributed by atoms with E-state index in [2.05, 4.69) is 10.2 Å². The standard InChI is InChI=1S/C9H6N2O3/c12-9(13)7-5-11-10-4-6(7)8-2-1-3-14-8/h1-5H,(H,12,13). The van der Waals surface area contributed by atoms with Crippen molar-refractivity contribution in [3.8, 4) is 11.3 Å². The number of hydrogen-bond acceptors (Lipinski definition) is 4. The molecule has 2 heterocycles. The zero-order chi connectivity index (χ0) is 9.97. The maximum Gasteiger partial charge on any atom is 0.338 e. The molecule has 1 N–H and O–H groups in total. The second-order valence-electron chi connectivity index (χ2n) is 2.60. The van der Waals surface area contributed by atoms with E-state index in [0.717, 1.165) is 0 Å². The number of carboxylic acids is 1. The molecular formula is C9H6N2O3. The van der Waals surface area contributed by atoms with Gasteiger partial charge in [-0.05, 0) is 12.1 Å². The molecule has 2 rings (SSSR count). The Labute approximate surface area is 79.0 Å². The van der Waals surface area contributed by atoms with Gasteiger partial charge in [0.25, 0.3) is 0 Å². The Bertz CT molecular complexity index is 451. The summed E-state index contributed by atoms with van der Waals surface area (Å²) in [4.78, 5) is 10.8. The predicted octanol–water partition coefficient (Wildman–Crippen LogP) is 1.43. The van der Waals surface area contributed by atoms with Crippen LogP contribution in [0.1, 0.15) is 10.4 Å². The Morgan fingerprint density at radius 2 is 2.14 bits per heavy atom. The molecule has 2 aromatic rings. The lowest BCUT2D eigenvalue weighted by atomic mass is 10.1. The van der Waals surface area contributed by atoms with Crippen LogP contribution in [-0.2, 0) is 0 Å². The molecule has 0 unspecified atom stereocenters. The number of furan rings is 1. The van der Waals surface area contributed by atoms with Crippen LogP contribution in [0, 0.1) is 0 Å². The lowest BCUT2D eigenvalue weighted by molar-refractivity contribution is 0.0697. The highest BCUT2D eigenvalue weighted by Gasteiger charge is 2.13. The quantitative estimate of drug-likeness (QED) is 0.775. The maximum atomic E-state index is 10.8. The largest absolute Gasteiger partial charge is 0.478 e. The fourth-order valence-electron chi connectivity index (χ4n) is 1.12. The molecule has 5 nitrogen and oxygen atoms in total. The SMILES string of the molecule is O=C(O)c1cnncc1-c1ccco1. The van der Waals surface area contributed by atoms with Crippen LogP contribution in [0.4, 0.5) is 0 Å². The van der Waals surface area contributed by atoms with Gasteiger partial charge in [-0.15, -0.1) is 0 Å². The summed E-state index contributed by atoms with van der Waals surface area (Å²) >= 11 is 0. The Balaban J connectivity index is 2.58. The van der Waals surface area contributed by atoms with Crippen LogP contribution >= 0.6 is 0 Å². The van der Waals surface area contributed by atoms with Gasteiger partial charge in [0.1, 0.15) is 5.76 Å². The molecule has 0 amide bonds. The van der Waals surface area contributed by atoms with Gasteiger partial charge in [0.15, 0.2) is 0 Å². The van der Waals surface area contributed by atoms with Gasteiger partial charge in [0.2, 0.25) is 0 Å². The molecule has 0 aliphatic rings. The number of carboxylic acid groups (broad SMARTS) is 1. The molecule has 0 atom stereocenters. The van der Waals surface area contributed by atoms with Crippen LogP contribution in [-0.4, -0.2) is 21.3 Å². The zero-order valence-electron chi connectivity index (χ0n) is 7.04. The number of rotatable bonds is 2. The van der Waals surface area contributed by atoms with Gasteiger partial charge in [0.05, 0.1) is 29.8 Å². The van der Waals surface area contributed by atoms with Crippen molar-refractivity contribution in [3.05, 3.63) is 36.4 Å². The normalized spacial score (nSPS) is 10.0. The molecule has 70 valence electrons. The van der Waals surface area contributed by atoms with E-state index >= 15 is 0 Å². The fourth-order valence-corrected chi connectivity index (χ4v) is 1.12. The number of hydrogen-bond donors (Lipinski definition) is 1. The van der Waals surface area contributed by atoms with E-state index in [-0.39, 0.29) is 5.56 Å². The minimum atomic E-state index is -1.05. The molecule has 0 aliphatic carbocycles. The molecule has 0 aliphatic heterocycles. The third kappa shape index (κ3) is 1.35. The highest BCUT2D eigenvalue weighted by molar-refractivity contribution is 5.94. The summed E-state index contributed by atoms with van der Waals surface area (Å²) in [5.41, 5.74) is 0.507. The number of carbonyl (C=O) groups is 1. The summed E-state index contributed by atoms with van der Waals surface area (Å²) in [5, 5.41) is 16.0. The van der Waals surface area contributed by atoms with E-state index in [1.807, 2.05) is 0 Å². The van der Waals surface area contributed by atoms with Crippen molar-refractivity contribution >= 4 is 5.97 Å². The van der Waals surface area contributed by atoms with Gasteiger partial charge in [-0.25, -0.2) is 4.79 Å². The Morgan fingerprint density at radius 1 is 1.36 bits per heavy atom. The first kappa shape index (κ1) is 8.43. The lowest BCUT2D eigenvalue weighted by Gasteiger charge is -1.99. The highest BCUT2D eigenvalue weighted by atomic mass is 16.4. The summed E-state index contributed by atoms with van der Waals surface area (Å²) in [6.45, 7) is 0. The Hall–Kier alpha value is -2.17. The van der Waals surface area contributed by atoms with Crippen molar-refractivity contribution in [2.45, 2.75) is 0 Å². The van der Waals surface area contributed by atoms with Crippen LogP contribution in [0.15, 0.2) is 35.2 Å².